The number of rotatable bonds is 3. The van der Waals surface area contributed by atoms with Gasteiger partial charge in [-0.15, -0.1) is 0 Å². The fourth-order valence-electron chi connectivity index (χ4n) is 2.39. The third-order valence-electron chi connectivity index (χ3n) is 3.39. The first-order valence-corrected chi connectivity index (χ1v) is 6.81. The minimum Gasteiger partial charge on any atom is -0.346 e. The van der Waals surface area contributed by atoms with E-state index in [-0.39, 0.29) is 12.2 Å². The Hall–Kier alpha value is -2.18. The number of benzene rings is 1. The molecule has 1 amide bonds. The van der Waals surface area contributed by atoms with E-state index >= 15 is 0 Å². The van der Waals surface area contributed by atoms with Gasteiger partial charge in [-0.05, 0) is 26.0 Å². The summed E-state index contributed by atoms with van der Waals surface area (Å²) in [6, 6.07) is 7.48. The molecule has 6 nitrogen and oxygen atoms in total. The molecule has 2 aromatic rings. The molecular formula is C15H17N3O3. The molecule has 0 atom stereocenters. The lowest BCUT2D eigenvalue weighted by Gasteiger charge is -2.11. The zero-order valence-electron chi connectivity index (χ0n) is 12.0. The smallest absolute Gasteiger partial charge is 0.259 e. The number of ether oxygens (including phenoxy) is 2. The van der Waals surface area contributed by atoms with Crippen molar-refractivity contribution in [2.45, 2.75) is 20.1 Å². The van der Waals surface area contributed by atoms with Gasteiger partial charge >= 0.3 is 0 Å². The van der Waals surface area contributed by atoms with Crippen LogP contribution in [0.15, 0.2) is 24.3 Å². The van der Waals surface area contributed by atoms with Crippen LogP contribution >= 0.6 is 0 Å². The van der Waals surface area contributed by atoms with Crippen molar-refractivity contribution in [3.8, 4) is 0 Å². The Bertz CT molecular complexity index is 640. The van der Waals surface area contributed by atoms with Crippen molar-refractivity contribution in [3.63, 3.8) is 0 Å². The maximum absolute atomic E-state index is 12.3. The quantitative estimate of drug-likeness (QED) is 0.908. The van der Waals surface area contributed by atoms with Crippen molar-refractivity contribution < 1.29 is 14.3 Å². The molecule has 0 bridgehead atoms. The van der Waals surface area contributed by atoms with E-state index < -0.39 is 0 Å². The van der Waals surface area contributed by atoms with Gasteiger partial charge in [0.05, 0.1) is 24.5 Å². The number of carbonyl (C=O) groups excluding carboxylic acids is 1. The summed E-state index contributed by atoms with van der Waals surface area (Å²) in [5, 5.41) is 9.72. The average molecular weight is 287 g/mol. The molecule has 6 heteroatoms. The molecule has 0 radical (unpaired) electrons. The molecule has 1 aromatic heterocycles. The number of amides is 1. The zero-order chi connectivity index (χ0) is 14.8. The SMILES string of the molecule is Cc1n[nH]c(C)c1C(=O)Nc1cccc(C2OCCO2)c1. The van der Waals surface area contributed by atoms with Gasteiger partial charge < -0.3 is 14.8 Å². The van der Waals surface area contributed by atoms with E-state index in [2.05, 4.69) is 15.5 Å². The molecule has 2 heterocycles. The Morgan fingerprint density at radius 3 is 2.76 bits per heavy atom. The lowest BCUT2D eigenvalue weighted by molar-refractivity contribution is -0.0440. The zero-order valence-corrected chi connectivity index (χ0v) is 12.0. The van der Waals surface area contributed by atoms with Crippen LogP contribution in [0.5, 0.6) is 0 Å². The highest BCUT2D eigenvalue weighted by molar-refractivity contribution is 6.05. The van der Waals surface area contributed by atoms with E-state index in [9.17, 15) is 4.79 Å². The highest BCUT2D eigenvalue weighted by atomic mass is 16.7. The molecule has 1 aromatic carbocycles. The number of hydrogen-bond acceptors (Lipinski definition) is 4. The van der Waals surface area contributed by atoms with E-state index in [0.717, 1.165) is 11.3 Å². The molecular weight excluding hydrogens is 270 g/mol. The highest BCUT2D eigenvalue weighted by Gasteiger charge is 2.19. The Kier molecular flexibility index (Phi) is 3.72. The predicted octanol–water partition coefficient (Wildman–Crippen LogP) is 2.32. The van der Waals surface area contributed by atoms with Gasteiger partial charge in [-0.3, -0.25) is 9.89 Å². The van der Waals surface area contributed by atoms with E-state index in [4.69, 9.17) is 9.47 Å². The standard InChI is InChI=1S/C15H17N3O3/c1-9-13(10(2)18-17-9)14(19)16-12-5-3-4-11(8-12)15-20-6-7-21-15/h3-5,8,15H,6-7H2,1-2H3,(H,16,19)(H,17,18). The number of carbonyl (C=O) groups is 1. The summed E-state index contributed by atoms with van der Waals surface area (Å²) < 4.78 is 10.9. The summed E-state index contributed by atoms with van der Waals surface area (Å²) >= 11 is 0. The Morgan fingerprint density at radius 2 is 2.10 bits per heavy atom. The molecule has 1 aliphatic rings. The second-order valence-corrected chi connectivity index (χ2v) is 4.96. The van der Waals surface area contributed by atoms with E-state index in [1.165, 1.54) is 0 Å². The van der Waals surface area contributed by atoms with Gasteiger partial charge in [0, 0.05) is 16.9 Å². The predicted molar refractivity (Wildman–Crippen MR) is 77.1 cm³/mol. The second-order valence-electron chi connectivity index (χ2n) is 4.96. The third kappa shape index (κ3) is 2.81. The lowest BCUT2D eigenvalue weighted by atomic mass is 10.1. The van der Waals surface area contributed by atoms with Crippen LogP contribution in [0.25, 0.3) is 0 Å². The molecule has 1 aliphatic heterocycles. The van der Waals surface area contributed by atoms with E-state index in [0.29, 0.717) is 30.2 Å². The van der Waals surface area contributed by atoms with Crippen molar-refractivity contribution in [2.24, 2.45) is 0 Å². The van der Waals surface area contributed by atoms with Crippen molar-refractivity contribution in [1.82, 2.24) is 10.2 Å². The molecule has 110 valence electrons. The minimum atomic E-state index is -0.348. The molecule has 21 heavy (non-hydrogen) atoms. The molecule has 2 N–H and O–H groups in total. The number of hydrogen-bond donors (Lipinski definition) is 2. The van der Waals surface area contributed by atoms with Crippen molar-refractivity contribution >= 4 is 11.6 Å². The van der Waals surface area contributed by atoms with Gasteiger partial charge in [0.2, 0.25) is 0 Å². The lowest BCUT2D eigenvalue weighted by Crippen LogP contribution is -2.14. The summed E-state index contributed by atoms with van der Waals surface area (Å²) in [6.45, 7) is 4.81. The van der Waals surface area contributed by atoms with Crippen LogP contribution in [-0.2, 0) is 9.47 Å². The van der Waals surface area contributed by atoms with Gasteiger partial charge in [-0.1, -0.05) is 12.1 Å². The molecule has 0 unspecified atom stereocenters. The number of nitrogens with one attached hydrogen (secondary N) is 2. The Labute approximate surface area is 122 Å². The number of nitrogens with zero attached hydrogens (tertiary/aromatic N) is 1. The number of H-pyrrole nitrogens is 1. The van der Waals surface area contributed by atoms with Crippen LogP contribution in [-0.4, -0.2) is 29.3 Å². The summed E-state index contributed by atoms with van der Waals surface area (Å²) in [4.78, 5) is 12.3. The molecule has 0 aliphatic carbocycles. The number of anilines is 1. The summed E-state index contributed by atoms with van der Waals surface area (Å²) in [5.41, 5.74) is 3.61. The van der Waals surface area contributed by atoms with Crippen LogP contribution < -0.4 is 5.32 Å². The van der Waals surface area contributed by atoms with Crippen molar-refractivity contribution in [1.29, 1.82) is 0 Å². The average Bonchev–Trinajstić information content (AvgIpc) is 3.09. The summed E-state index contributed by atoms with van der Waals surface area (Å²) in [5.74, 6) is -0.177. The van der Waals surface area contributed by atoms with Crippen LogP contribution in [0.4, 0.5) is 5.69 Å². The first-order chi connectivity index (χ1) is 10.1. The summed E-state index contributed by atoms with van der Waals surface area (Å²) in [7, 11) is 0. The first-order valence-electron chi connectivity index (χ1n) is 6.81. The van der Waals surface area contributed by atoms with Crippen LogP contribution in [0, 0.1) is 13.8 Å². The minimum absolute atomic E-state index is 0.177. The monoisotopic (exact) mass is 287 g/mol. The normalized spacial score (nSPS) is 15.3. The fraction of sp³-hybridized carbons (Fsp3) is 0.333. The van der Waals surface area contributed by atoms with Gasteiger partial charge in [-0.2, -0.15) is 5.10 Å². The molecule has 0 saturated carbocycles. The molecule has 0 spiro atoms. The maximum atomic E-state index is 12.3. The number of aromatic amines is 1. The number of aryl methyl sites for hydroxylation is 2. The van der Waals surface area contributed by atoms with Crippen molar-refractivity contribution in [3.05, 3.63) is 46.8 Å². The second kappa shape index (κ2) is 5.67. The Balaban J connectivity index is 1.78. The topological polar surface area (TPSA) is 76.2 Å². The fourth-order valence-corrected chi connectivity index (χ4v) is 2.39. The maximum Gasteiger partial charge on any atom is 0.259 e. The Morgan fingerprint density at radius 1 is 1.33 bits per heavy atom. The summed E-state index contributed by atoms with van der Waals surface area (Å²) in [6.07, 6.45) is -0.348. The first kappa shape index (κ1) is 13.8. The molecule has 1 saturated heterocycles. The van der Waals surface area contributed by atoms with Crippen LogP contribution in [0.1, 0.15) is 33.6 Å². The van der Waals surface area contributed by atoms with Crippen LogP contribution in [0.3, 0.4) is 0 Å². The van der Waals surface area contributed by atoms with Crippen LogP contribution in [0.2, 0.25) is 0 Å². The van der Waals surface area contributed by atoms with Gasteiger partial charge in [0.15, 0.2) is 6.29 Å². The van der Waals surface area contributed by atoms with Crippen molar-refractivity contribution in [2.75, 3.05) is 18.5 Å². The van der Waals surface area contributed by atoms with Gasteiger partial charge in [-0.25, -0.2) is 0 Å². The third-order valence-corrected chi connectivity index (χ3v) is 3.39. The van der Waals surface area contributed by atoms with E-state index in [1.807, 2.05) is 31.2 Å². The number of aromatic nitrogens is 2. The van der Waals surface area contributed by atoms with Gasteiger partial charge in [0.1, 0.15) is 0 Å². The molecule has 1 fully saturated rings. The highest BCUT2D eigenvalue weighted by Crippen LogP contribution is 2.25. The molecule has 3 rings (SSSR count). The van der Waals surface area contributed by atoms with E-state index in [1.54, 1.807) is 6.92 Å². The van der Waals surface area contributed by atoms with Gasteiger partial charge in [0.25, 0.3) is 5.91 Å². The largest absolute Gasteiger partial charge is 0.346 e.